The molecule has 0 bridgehead atoms. The van der Waals surface area contributed by atoms with E-state index in [4.69, 9.17) is 0 Å². The molecule has 0 aliphatic carbocycles. The maximum absolute atomic E-state index is 4.16. The molecule has 0 aromatic heterocycles. The van der Waals surface area contributed by atoms with Crippen molar-refractivity contribution in [1.82, 2.24) is 5.32 Å². The van der Waals surface area contributed by atoms with Gasteiger partial charge in [-0.05, 0) is 16.9 Å². The van der Waals surface area contributed by atoms with Gasteiger partial charge in [-0.25, -0.2) is 5.32 Å². The number of nitrogens with zero attached hydrogens (tertiary/aromatic N) is 1. The highest BCUT2D eigenvalue weighted by Crippen LogP contribution is 2.17. The molecule has 1 aliphatic heterocycles. The minimum absolute atomic E-state index is 0.797. The van der Waals surface area contributed by atoms with E-state index in [0.717, 1.165) is 24.3 Å². The van der Waals surface area contributed by atoms with Crippen LogP contribution in [-0.2, 0) is 0 Å². The van der Waals surface area contributed by atoms with Crippen LogP contribution in [-0.4, -0.2) is 24.1 Å². The van der Waals surface area contributed by atoms with Crippen molar-refractivity contribution in [2.75, 3.05) is 18.8 Å². The maximum Gasteiger partial charge on any atom is 0.0182 e. The van der Waals surface area contributed by atoms with E-state index in [9.17, 15) is 0 Å². The van der Waals surface area contributed by atoms with Gasteiger partial charge in [0.15, 0.2) is 0 Å². The summed E-state index contributed by atoms with van der Waals surface area (Å²) in [4.78, 5) is 0. The lowest BCUT2D eigenvalue weighted by Crippen LogP contribution is -2.37. The average molecular weight is 144 g/mol. The zero-order valence-corrected chi connectivity index (χ0v) is 6.95. The van der Waals surface area contributed by atoms with Gasteiger partial charge in [-0.15, -0.1) is 0 Å². The van der Waals surface area contributed by atoms with Gasteiger partial charge in [0.1, 0.15) is 0 Å². The third-order valence-corrected chi connectivity index (χ3v) is 2.77. The van der Waals surface area contributed by atoms with Crippen molar-refractivity contribution < 1.29 is 0 Å². The van der Waals surface area contributed by atoms with Gasteiger partial charge >= 0.3 is 0 Å². The zero-order valence-electron chi connectivity index (χ0n) is 6.13. The van der Waals surface area contributed by atoms with E-state index in [1.54, 1.807) is 0 Å². The van der Waals surface area contributed by atoms with Crippen LogP contribution in [0.2, 0.25) is 0 Å². The summed E-state index contributed by atoms with van der Waals surface area (Å²) >= 11 is 2.06. The smallest absolute Gasteiger partial charge is 0.0182 e. The Kier molecular flexibility index (Phi) is 2.86. The van der Waals surface area contributed by atoms with Crippen LogP contribution in [0, 0.1) is 5.92 Å². The summed E-state index contributed by atoms with van der Waals surface area (Å²) in [6, 6.07) is 0. The van der Waals surface area contributed by atoms with E-state index in [-0.39, 0.29) is 0 Å². The summed E-state index contributed by atoms with van der Waals surface area (Å²) < 4.78 is 0. The summed E-state index contributed by atoms with van der Waals surface area (Å²) in [6.07, 6.45) is 0. The van der Waals surface area contributed by atoms with Gasteiger partial charge in [0.05, 0.1) is 0 Å². The Hall–Kier alpha value is 0.310. The quantitative estimate of drug-likeness (QED) is 0.583. The van der Waals surface area contributed by atoms with Crippen molar-refractivity contribution in [3.63, 3.8) is 0 Å². The Bertz CT molecular complexity index is 79.0. The van der Waals surface area contributed by atoms with Crippen LogP contribution in [0.15, 0.2) is 0 Å². The van der Waals surface area contributed by atoms with Gasteiger partial charge in [0.2, 0.25) is 0 Å². The van der Waals surface area contributed by atoms with Crippen LogP contribution >= 0.6 is 11.8 Å². The van der Waals surface area contributed by atoms with E-state index in [0.29, 0.717) is 0 Å². The van der Waals surface area contributed by atoms with E-state index in [1.165, 1.54) is 5.75 Å². The van der Waals surface area contributed by atoms with E-state index < -0.39 is 0 Å². The fourth-order valence-electron chi connectivity index (χ4n) is 0.746. The van der Waals surface area contributed by atoms with E-state index in [2.05, 4.69) is 30.9 Å². The number of thioether (sulfide) groups is 1. The predicted octanol–water partition coefficient (Wildman–Crippen LogP) is 1.36. The molecule has 1 rings (SSSR count). The fourth-order valence-corrected chi connectivity index (χ4v) is 1.61. The van der Waals surface area contributed by atoms with Crippen LogP contribution in [0.3, 0.4) is 0 Å². The fraction of sp³-hybridized carbons (Fsp3) is 1.00. The molecule has 9 heavy (non-hydrogen) atoms. The predicted molar refractivity (Wildman–Crippen MR) is 43.0 cm³/mol. The van der Waals surface area contributed by atoms with Crippen molar-refractivity contribution in [3.8, 4) is 0 Å². The Labute approximate surface area is 61.6 Å². The van der Waals surface area contributed by atoms with Crippen LogP contribution in [0.25, 0.3) is 0 Å². The summed E-state index contributed by atoms with van der Waals surface area (Å²) in [5.41, 5.74) is 0. The first kappa shape index (κ1) is 7.42. The molecule has 1 nitrogen and oxygen atoms in total. The molecule has 0 saturated carbocycles. The Balaban J connectivity index is 1.91. The highest BCUT2D eigenvalue weighted by atomic mass is 32.2. The third-order valence-electron chi connectivity index (χ3n) is 1.44. The normalized spacial score (nSPS) is 20.3. The summed E-state index contributed by atoms with van der Waals surface area (Å²) in [5, 5.41) is 4.96. The largest absolute Gasteiger partial charge is 0.241 e. The second-order valence-electron chi connectivity index (χ2n) is 2.84. The summed E-state index contributed by atoms with van der Waals surface area (Å²) in [7, 11) is 0. The lowest BCUT2D eigenvalue weighted by Gasteiger charge is -2.25. The van der Waals surface area contributed by atoms with Crippen LogP contribution in [0.1, 0.15) is 13.8 Å². The SMILES string of the molecule is CC(C)SCC1C[N]C1. The van der Waals surface area contributed by atoms with Crippen molar-refractivity contribution in [3.05, 3.63) is 0 Å². The number of hydrogen-bond acceptors (Lipinski definition) is 1. The molecule has 53 valence electrons. The molecule has 0 atom stereocenters. The number of hydrogen-bond donors (Lipinski definition) is 0. The first-order chi connectivity index (χ1) is 4.29. The zero-order chi connectivity index (χ0) is 6.69. The van der Waals surface area contributed by atoms with Crippen molar-refractivity contribution in [2.45, 2.75) is 19.1 Å². The molecule has 0 N–H and O–H groups in total. The Morgan fingerprint density at radius 3 is 2.56 bits per heavy atom. The van der Waals surface area contributed by atoms with Crippen LogP contribution in [0.4, 0.5) is 0 Å². The second kappa shape index (κ2) is 3.47. The summed E-state index contributed by atoms with van der Waals surface area (Å²) in [5.74, 6) is 2.23. The highest BCUT2D eigenvalue weighted by molar-refractivity contribution is 7.99. The minimum Gasteiger partial charge on any atom is -0.241 e. The lowest BCUT2D eigenvalue weighted by atomic mass is 10.1. The molecule has 1 aliphatic rings. The molecular formula is C7H14NS. The van der Waals surface area contributed by atoms with E-state index >= 15 is 0 Å². The minimum atomic E-state index is 0.797. The molecule has 1 heterocycles. The second-order valence-corrected chi connectivity index (χ2v) is 4.45. The maximum atomic E-state index is 4.16. The molecule has 1 fully saturated rings. The van der Waals surface area contributed by atoms with Crippen molar-refractivity contribution >= 4 is 11.8 Å². The molecule has 0 spiro atoms. The van der Waals surface area contributed by atoms with Crippen LogP contribution in [0.5, 0.6) is 0 Å². The molecule has 0 unspecified atom stereocenters. The first-order valence-electron chi connectivity index (χ1n) is 3.54. The average Bonchev–Trinajstić information content (AvgIpc) is 1.60. The standard InChI is InChI=1S/C7H14NS/c1-6(2)9-5-7-3-8-4-7/h6-7H,3-5H2,1-2H3. The van der Waals surface area contributed by atoms with Crippen LogP contribution < -0.4 is 5.32 Å². The molecule has 0 aromatic carbocycles. The molecular weight excluding hydrogens is 130 g/mol. The molecule has 1 radical (unpaired) electrons. The van der Waals surface area contributed by atoms with Gasteiger partial charge < -0.3 is 0 Å². The van der Waals surface area contributed by atoms with Gasteiger partial charge in [-0.1, -0.05) is 13.8 Å². The van der Waals surface area contributed by atoms with Gasteiger partial charge in [-0.3, -0.25) is 0 Å². The highest BCUT2D eigenvalue weighted by Gasteiger charge is 2.17. The van der Waals surface area contributed by atoms with E-state index in [1.807, 2.05) is 0 Å². The molecule has 1 saturated heterocycles. The van der Waals surface area contributed by atoms with Crippen molar-refractivity contribution in [1.29, 1.82) is 0 Å². The topological polar surface area (TPSA) is 14.1 Å². The first-order valence-corrected chi connectivity index (χ1v) is 4.59. The summed E-state index contributed by atoms with van der Waals surface area (Å²) in [6.45, 7) is 6.75. The Morgan fingerprint density at radius 2 is 2.22 bits per heavy atom. The van der Waals surface area contributed by atoms with Gasteiger partial charge in [0, 0.05) is 13.1 Å². The van der Waals surface area contributed by atoms with Crippen molar-refractivity contribution in [2.24, 2.45) is 5.92 Å². The molecule has 0 amide bonds. The Morgan fingerprint density at radius 1 is 1.56 bits per heavy atom. The van der Waals surface area contributed by atoms with Gasteiger partial charge in [0.25, 0.3) is 0 Å². The lowest BCUT2D eigenvalue weighted by molar-refractivity contribution is 0.375. The third kappa shape index (κ3) is 2.59. The molecule has 2 heteroatoms. The molecule has 0 aromatic rings. The monoisotopic (exact) mass is 144 g/mol. The number of rotatable bonds is 3. The van der Waals surface area contributed by atoms with Gasteiger partial charge in [-0.2, -0.15) is 11.8 Å².